The lowest BCUT2D eigenvalue weighted by Crippen LogP contribution is -2.36. The van der Waals surface area contributed by atoms with Crippen molar-refractivity contribution in [2.45, 2.75) is 52.6 Å². The first-order valence-corrected chi connectivity index (χ1v) is 7.57. The Morgan fingerprint density at radius 1 is 1.20 bits per heavy atom. The van der Waals surface area contributed by atoms with Gasteiger partial charge in [-0.2, -0.15) is 0 Å². The van der Waals surface area contributed by atoms with Crippen LogP contribution in [0.4, 0.5) is 0 Å². The van der Waals surface area contributed by atoms with Gasteiger partial charge in [0.05, 0.1) is 6.10 Å². The number of hydrogen-bond acceptors (Lipinski definition) is 2. The predicted molar refractivity (Wildman–Crippen MR) is 82.6 cm³/mol. The highest BCUT2D eigenvalue weighted by Gasteiger charge is 2.15. The predicted octanol–water partition coefficient (Wildman–Crippen LogP) is 2.84. The van der Waals surface area contributed by atoms with Gasteiger partial charge < -0.3 is 10.4 Å². The fourth-order valence-corrected chi connectivity index (χ4v) is 2.32. The first kappa shape index (κ1) is 16.7. The lowest BCUT2D eigenvalue weighted by Gasteiger charge is -2.20. The van der Waals surface area contributed by atoms with Crippen molar-refractivity contribution in [3.8, 4) is 0 Å². The monoisotopic (exact) mass is 277 g/mol. The number of carbonyl (C=O) groups is 1. The van der Waals surface area contributed by atoms with Crippen molar-refractivity contribution in [1.82, 2.24) is 5.32 Å². The molecule has 0 aliphatic carbocycles. The van der Waals surface area contributed by atoms with Crippen LogP contribution in [-0.2, 0) is 11.2 Å². The maximum absolute atomic E-state index is 11.8. The lowest BCUT2D eigenvalue weighted by molar-refractivity contribution is -0.121. The summed E-state index contributed by atoms with van der Waals surface area (Å²) in [6.07, 6.45) is 2.66. The normalized spacial score (nSPS) is 12.4. The van der Waals surface area contributed by atoms with Gasteiger partial charge in [0.15, 0.2) is 0 Å². The van der Waals surface area contributed by atoms with Crippen molar-refractivity contribution in [2.24, 2.45) is 5.92 Å². The Bertz CT molecular complexity index is 396. The van der Waals surface area contributed by atoms with Gasteiger partial charge in [0.25, 0.3) is 0 Å². The van der Waals surface area contributed by atoms with E-state index in [9.17, 15) is 9.90 Å². The van der Waals surface area contributed by atoms with Crippen molar-refractivity contribution in [3.05, 3.63) is 35.4 Å². The lowest BCUT2D eigenvalue weighted by atomic mass is 9.96. The summed E-state index contributed by atoms with van der Waals surface area (Å²) in [5, 5.41) is 12.8. The number of aliphatic hydroxyl groups excluding tert-OH is 1. The molecule has 0 radical (unpaired) electrons. The van der Waals surface area contributed by atoms with Gasteiger partial charge in [0, 0.05) is 13.0 Å². The summed E-state index contributed by atoms with van der Waals surface area (Å²) in [6.45, 7) is 6.54. The van der Waals surface area contributed by atoms with Crippen molar-refractivity contribution in [1.29, 1.82) is 0 Å². The van der Waals surface area contributed by atoms with Gasteiger partial charge >= 0.3 is 0 Å². The average molecular weight is 277 g/mol. The molecule has 1 amide bonds. The minimum absolute atomic E-state index is 0.00980. The molecule has 0 aromatic heterocycles. The van der Waals surface area contributed by atoms with E-state index in [0.717, 1.165) is 19.3 Å². The topological polar surface area (TPSA) is 49.3 Å². The molecule has 0 aliphatic rings. The number of amides is 1. The maximum atomic E-state index is 11.8. The second-order valence-corrected chi connectivity index (χ2v) is 5.43. The van der Waals surface area contributed by atoms with Gasteiger partial charge in [-0.1, -0.05) is 56.5 Å². The summed E-state index contributed by atoms with van der Waals surface area (Å²) in [5.74, 6) is 0.281. The number of nitrogens with one attached hydrogen (secondary N) is 1. The smallest absolute Gasteiger partial charge is 0.220 e. The molecule has 3 nitrogen and oxygen atoms in total. The molecule has 0 aliphatic heterocycles. The summed E-state index contributed by atoms with van der Waals surface area (Å²) in [4.78, 5) is 11.8. The molecule has 1 aromatic carbocycles. The van der Waals surface area contributed by atoms with E-state index in [4.69, 9.17) is 0 Å². The average Bonchev–Trinajstić information content (AvgIpc) is 2.45. The summed E-state index contributed by atoms with van der Waals surface area (Å²) >= 11 is 0. The second kappa shape index (κ2) is 8.75. The van der Waals surface area contributed by atoms with E-state index in [-0.39, 0.29) is 11.8 Å². The van der Waals surface area contributed by atoms with Crippen LogP contribution in [-0.4, -0.2) is 23.7 Å². The zero-order chi connectivity index (χ0) is 15.0. The van der Waals surface area contributed by atoms with Crippen LogP contribution in [0.1, 0.15) is 44.2 Å². The van der Waals surface area contributed by atoms with E-state index in [2.05, 4.69) is 50.4 Å². The standard InChI is InChI=1S/C17H27NO2/c1-4-15(5-2)16(19)12-18-17(20)11-10-14-8-6-13(3)7-9-14/h6-9,15-16,19H,4-5,10-12H2,1-3H3,(H,18,20). The molecule has 1 rings (SSSR count). The van der Waals surface area contributed by atoms with E-state index in [1.807, 2.05) is 0 Å². The van der Waals surface area contributed by atoms with E-state index in [1.165, 1.54) is 11.1 Å². The number of benzene rings is 1. The van der Waals surface area contributed by atoms with Gasteiger partial charge in [0.2, 0.25) is 5.91 Å². The number of carbonyl (C=O) groups excluding carboxylic acids is 1. The van der Waals surface area contributed by atoms with Crippen LogP contribution in [0, 0.1) is 12.8 Å². The number of rotatable bonds is 8. The quantitative estimate of drug-likeness (QED) is 0.767. The molecule has 0 saturated carbocycles. The Labute approximate surface area is 122 Å². The Morgan fingerprint density at radius 2 is 1.80 bits per heavy atom. The molecule has 0 saturated heterocycles. The summed E-state index contributed by atoms with van der Waals surface area (Å²) in [7, 11) is 0. The van der Waals surface area contributed by atoms with Crippen LogP contribution in [0.5, 0.6) is 0 Å². The van der Waals surface area contributed by atoms with Gasteiger partial charge in [-0.05, 0) is 24.8 Å². The molecule has 0 bridgehead atoms. The fraction of sp³-hybridized carbons (Fsp3) is 0.588. The number of aliphatic hydroxyl groups is 1. The maximum Gasteiger partial charge on any atom is 0.220 e. The molecule has 1 unspecified atom stereocenters. The van der Waals surface area contributed by atoms with Crippen LogP contribution in [0.15, 0.2) is 24.3 Å². The summed E-state index contributed by atoms with van der Waals surface area (Å²) in [5.41, 5.74) is 2.40. The minimum Gasteiger partial charge on any atom is -0.391 e. The fourth-order valence-electron chi connectivity index (χ4n) is 2.32. The highest BCUT2D eigenvalue weighted by molar-refractivity contribution is 5.76. The van der Waals surface area contributed by atoms with Crippen LogP contribution >= 0.6 is 0 Å². The number of hydrogen-bond donors (Lipinski definition) is 2. The van der Waals surface area contributed by atoms with Gasteiger partial charge in [0.1, 0.15) is 0 Å². The highest BCUT2D eigenvalue weighted by Crippen LogP contribution is 2.12. The Hall–Kier alpha value is -1.35. The number of aryl methyl sites for hydroxylation is 2. The molecule has 0 heterocycles. The third-order valence-electron chi connectivity index (χ3n) is 3.86. The first-order valence-electron chi connectivity index (χ1n) is 7.57. The molecule has 2 N–H and O–H groups in total. The zero-order valence-corrected chi connectivity index (χ0v) is 12.9. The molecule has 20 heavy (non-hydrogen) atoms. The molecule has 112 valence electrons. The SMILES string of the molecule is CCC(CC)C(O)CNC(=O)CCc1ccc(C)cc1. The second-order valence-electron chi connectivity index (χ2n) is 5.43. The first-order chi connectivity index (χ1) is 9.56. The van der Waals surface area contributed by atoms with Gasteiger partial charge in [-0.15, -0.1) is 0 Å². The van der Waals surface area contributed by atoms with Crippen molar-refractivity contribution in [2.75, 3.05) is 6.54 Å². The van der Waals surface area contributed by atoms with Crippen molar-refractivity contribution >= 4 is 5.91 Å². The Morgan fingerprint density at radius 3 is 2.35 bits per heavy atom. The Balaban J connectivity index is 2.28. The zero-order valence-electron chi connectivity index (χ0n) is 12.9. The molecule has 0 fully saturated rings. The molecule has 1 atom stereocenters. The molecule has 1 aromatic rings. The van der Waals surface area contributed by atoms with Gasteiger partial charge in [-0.3, -0.25) is 4.79 Å². The molecule has 0 spiro atoms. The van der Waals surface area contributed by atoms with Crippen LogP contribution in [0.25, 0.3) is 0 Å². The largest absolute Gasteiger partial charge is 0.391 e. The molecular weight excluding hydrogens is 250 g/mol. The van der Waals surface area contributed by atoms with Crippen LogP contribution < -0.4 is 5.32 Å². The third kappa shape index (κ3) is 5.74. The summed E-state index contributed by atoms with van der Waals surface area (Å²) in [6, 6.07) is 8.23. The molecule has 3 heteroatoms. The van der Waals surface area contributed by atoms with Gasteiger partial charge in [-0.25, -0.2) is 0 Å². The third-order valence-corrected chi connectivity index (χ3v) is 3.86. The van der Waals surface area contributed by atoms with E-state index in [0.29, 0.717) is 13.0 Å². The van der Waals surface area contributed by atoms with E-state index in [1.54, 1.807) is 0 Å². The van der Waals surface area contributed by atoms with Crippen LogP contribution in [0.2, 0.25) is 0 Å². The summed E-state index contributed by atoms with van der Waals surface area (Å²) < 4.78 is 0. The van der Waals surface area contributed by atoms with Crippen LogP contribution in [0.3, 0.4) is 0 Å². The van der Waals surface area contributed by atoms with E-state index < -0.39 is 6.10 Å². The van der Waals surface area contributed by atoms with E-state index >= 15 is 0 Å². The molecular formula is C17H27NO2. The van der Waals surface area contributed by atoms with Crippen molar-refractivity contribution in [3.63, 3.8) is 0 Å². The Kier molecular flexibility index (Phi) is 7.31. The van der Waals surface area contributed by atoms with Crippen molar-refractivity contribution < 1.29 is 9.90 Å². The minimum atomic E-state index is -0.437. The highest BCUT2D eigenvalue weighted by atomic mass is 16.3.